The van der Waals surface area contributed by atoms with Crippen LogP contribution in [-0.4, -0.2) is 92.0 Å². The number of carbonyl (C=O) groups is 6. The molecule has 18 heteroatoms. The van der Waals surface area contributed by atoms with Crippen LogP contribution >= 0.6 is 22.7 Å². The molecule has 4 bridgehead atoms. The maximum atomic E-state index is 13.7. The Morgan fingerprint density at radius 2 is 0.815 bits per heavy atom. The minimum Gasteiger partial charge on any atom is -0.391 e. The summed E-state index contributed by atoms with van der Waals surface area (Å²) in [6.45, 7) is 17.3. The lowest BCUT2D eigenvalue weighted by Gasteiger charge is -2.29. The minimum absolute atomic E-state index is 0.00890. The average Bonchev–Trinajstić information content (AvgIpc) is 3.81. The van der Waals surface area contributed by atoms with Crippen molar-refractivity contribution in [1.29, 1.82) is 0 Å². The standard InChI is InChI=1S/C36H56N8O8S2/c1-11-17(7)25-31(49)43-27(19(9)45)33(51)39-24(16(5)6)36-38-22(14-54-36)30(48)42-26(18(8)12-2)32(50)44-28(20(10)46)34(52)40-23(15(3)4)35-37-21(13-53-35)29(47)41-25/h13-20,23-28,45-46H,11-12H2,1-10H3,(H,39,51)(H,40,52)(H,41,47)(H,42,48)(H,43,49)(H,44,50)/t17-,18-,19-,20-,23+,24+,25-,26-,27+,28+/m0/s1. The SMILES string of the molecule is CC[C@H](C)[C@@H]1NC(=O)c2csc(n2)[C@@H](C(C)C)NC(=O)[C@@H]([C@H](C)O)NC(=O)[C@H]([C@@H](C)CC)NC(=O)c2csc(n2)[C@@H](C(C)C)NC(=O)[C@@H]([C@H](C)O)NC1=O. The fraction of sp³-hybridized carbons (Fsp3) is 0.667. The Labute approximate surface area is 324 Å². The van der Waals surface area contributed by atoms with Crippen molar-refractivity contribution in [3.8, 4) is 0 Å². The number of fused-ring (bicyclic) bond motifs is 4. The molecular weight excluding hydrogens is 737 g/mol. The number of hydrogen-bond acceptors (Lipinski definition) is 12. The first kappa shape index (κ1) is 44.4. The molecule has 16 nitrogen and oxygen atoms in total. The van der Waals surface area contributed by atoms with Gasteiger partial charge in [0.2, 0.25) is 23.6 Å². The van der Waals surface area contributed by atoms with Crippen LogP contribution in [0.15, 0.2) is 10.8 Å². The summed E-state index contributed by atoms with van der Waals surface area (Å²) in [7, 11) is 0. The van der Waals surface area contributed by atoms with Crippen LogP contribution in [0.2, 0.25) is 0 Å². The van der Waals surface area contributed by atoms with Gasteiger partial charge in [-0.15, -0.1) is 22.7 Å². The Balaban J connectivity index is 2.13. The molecule has 1 aliphatic rings. The summed E-state index contributed by atoms with van der Waals surface area (Å²) in [5.41, 5.74) is -0.0178. The van der Waals surface area contributed by atoms with Crippen LogP contribution in [0.25, 0.3) is 0 Å². The Bertz CT molecular complexity index is 1520. The second kappa shape index (κ2) is 19.5. The molecule has 2 aromatic rings. The zero-order chi connectivity index (χ0) is 40.6. The molecule has 6 amide bonds. The van der Waals surface area contributed by atoms with Gasteiger partial charge in [-0.25, -0.2) is 9.97 Å². The number of amides is 6. The zero-order valence-electron chi connectivity index (χ0n) is 32.6. The highest BCUT2D eigenvalue weighted by atomic mass is 32.1. The van der Waals surface area contributed by atoms with E-state index in [1.54, 1.807) is 13.8 Å². The largest absolute Gasteiger partial charge is 0.391 e. The van der Waals surface area contributed by atoms with Crippen molar-refractivity contribution in [1.82, 2.24) is 41.9 Å². The van der Waals surface area contributed by atoms with Gasteiger partial charge in [0.25, 0.3) is 11.8 Å². The molecule has 3 rings (SSSR count). The fourth-order valence-electron chi connectivity index (χ4n) is 5.71. The van der Waals surface area contributed by atoms with Gasteiger partial charge in [-0.2, -0.15) is 0 Å². The summed E-state index contributed by atoms with van der Waals surface area (Å²) < 4.78 is 0. The lowest BCUT2D eigenvalue weighted by Crippen LogP contribution is -2.59. The van der Waals surface area contributed by atoms with Crippen molar-refractivity contribution < 1.29 is 39.0 Å². The molecule has 0 unspecified atom stereocenters. The van der Waals surface area contributed by atoms with Gasteiger partial charge in [0.05, 0.1) is 24.3 Å². The maximum absolute atomic E-state index is 13.7. The molecule has 10 atom stereocenters. The number of nitrogens with zero attached hydrogens (tertiary/aromatic N) is 2. The van der Waals surface area contributed by atoms with E-state index < -0.39 is 83.9 Å². The van der Waals surface area contributed by atoms with Crippen molar-refractivity contribution in [2.75, 3.05) is 0 Å². The molecule has 0 fully saturated rings. The van der Waals surface area contributed by atoms with Crippen LogP contribution in [-0.2, 0) is 19.2 Å². The maximum Gasteiger partial charge on any atom is 0.271 e. The van der Waals surface area contributed by atoms with Crippen LogP contribution in [0, 0.1) is 23.7 Å². The van der Waals surface area contributed by atoms with Crippen molar-refractivity contribution >= 4 is 58.1 Å². The lowest BCUT2D eigenvalue weighted by atomic mass is 9.97. The van der Waals surface area contributed by atoms with Gasteiger partial charge < -0.3 is 42.1 Å². The molecule has 3 heterocycles. The lowest BCUT2D eigenvalue weighted by molar-refractivity contribution is -0.133. The minimum atomic E-state index is -1.41. The number of thiazole rings is 2. The summed E-state index contributed by atoms with van der Waals surface area (Å²) in [5.74, 6) is -5.36. The second-order valence-corrected chi connectivity index (χ2v) is 16.5. The Hall–Kier alpha value is -4.00. The Kier molecular flexibility index (Phi) is 16.1. The smallest absolute Gasteiger partial charge is 0.271 e. The van der Waals surface area contributed by atoms with Crippen molar-refractivity contribution in [3.63, 3.8) is 0 Å². The van der Waals surface area contributed by atoms with E-state index in [1.165, 1.54) is 24.6 Å². The molecule has 54 heavy (non-hydrogen) atoms. The highest BCUT2D eigenvalue weighted by Gasteiger charge is 2.37. The van der Waals surface area contributed by atoms with Crippen molar-refractivity contribution in [3.05, 3.63) is 32.2 Å². The normalized spacial score (nSPS) is 26.3. The predicted octanol–water partition coefficient (Wildman–Crippen LogP) is 1.96. The predicted molar refractivity (Wildman–Crippen MR) is 204 cm³/mol. The molecule has 0 saturated carbocycles. The summed E-state index contributed by atoms with van der Waals surface area (Å²) >= 11 is 2.22. The molecule has 2 aromatic heterocycles. The van der Waals surface area contributed by atoms with E-state index in [0.29, 0.717) is 22.9 Å². The van der Waals surface area contributed by atoms with Crippen LogP contribution in [0.3, 0.4) is 0 Å². The summed E-state index contributed by atoms with van der Waals surface area (Å²) in [5, 5.41) is 41.5. The number of nitrogens with one attached hydrogen (secondary N) is 6. The quantitative estimate of drug-likeness (QED) is 0.193. The van der Waals surface area contributed by atoms with E-state index in [1.807, 2.05) is 41.5 Å². The van der Waals surface area contributed by atoms with Crippen molar-refractivity contribution in [2.24, 2.45) is 23.7 Å². The number of aromatic nitrogens is 2. The van der Waals surface area contributed by atoms with Gasteiger partial charge in [-0.1, -0.05) is 68.2 Å². The van der Waals surface area contributed by atoms with Gasteiger partial charge >= 0.3 is 0 Å². The van der Waals surface area contributed by atoms with Gasteiger partial charge in [0.1, 0.15) is 45.6 Å². The highest BCUT2D eigenvalue weighted by Crippen LogP contribution is 2.27. The Morgan fingerprint density at radius 3 is 1.09 bits per heavy atom. The van der Waals surface area contributed by atoms with Crippen molar-refractivity contribution in [2.45, 2.75) is 131 Å². The highest BCUT2D eigenvalue weighted by molar-refractivity contribution is 7.10. The summed E-state index contributed by atoms with van der Waals surface area (Å²) in [6.07, 6.45) is -1.68. The molecule has 300 valence electrons. The van der Waals surface area contributed by atoms with E-state index in [9.17, 15) is 39.0 Å². The molecule has 0 saturated heterocycles. The zero-order valence-corrected chi connectivity index (χ0v) is 34.2. The molecule has 0 aromatic carbocycles. The number of rotatable bonds is 8. The number of carbonyl (C=O) groups excluding carboxylic acids is 6. The first-order valence-electron chi connectivity index (χ1n) is 18.4. The van der Waals surface area contributed by atoms with E-state index in [4.69, 9.17) is 0 Å². The monoisotopic (exact) mass is 792 g/mol. The van der Waals surface area contributed by atoms with Gasteiger partial charge in [0, 0.05) is 10.8 Å². The third-order valence-electron chi connectivity index (χ3n) is 9.66. The van der Waals surface area contributed by atoms with Crippen LogP contribution in [0.5, 0.6) is 0 Å². The van der Waals surface area contributed by atoms with Crippen LogP contribution in [0.4, 0.5) is 0 Å². The Morgan fingerprint density at radius 1 is 0.519 bits per heavy atom. The third kappa shape index (κ3) is 11.0. The first-order valence-corrected chi connectivity index (χ1v) is 20.2. The van der Waals surface area contributed by atoms with Gasteiger partial charge in [-0.3, -0.25) is 28.8 Å². The number of hydrogen-bond donors (Lipinski definition) is 8. The number of aliphatic hydroxyl groups is 2. The number of aliphatic hydroxyl groups excluding tert-OH is 2. The molecule has 0 radical (unpaired) electrons. The molecular formula is C36H56N8O8S2. The molecule has 0 aliphatic carbocycles. The van der Waals surface area contributed by atoms with E-state index >= 15 is 0 Å². The van der Waals surface area contributed by atoms with Gasteiger partial charge in [-0.05, 0) is 37.5 Å². The summed E-state index contributed by atoms with van der Waals surface area (Å²) in [4.78, 5) is 90.9. The van der Waals surface area contributed by atoms with E-state index in [0.717, 1.165) is 22.7 Å². The summed E-state index contributed by atoms with van der Waals surface area (Å²) in [6, 6.07) is -6.49. The average molecular weight is 793 g/mol. The molecule has 0 spiro atoms. The van der Waals surface area contributed by atoms with E-state index in [2.05, 4.69) is 41.9 Å². The molecule has 1 aliphatic heterocycles. The fourth-order valence-corrected chi connectivity index (χ4v) is 7.76. The van der Waals surface area contributed by atoms with E-state index in [-0.39, 0.29) is 35.1 Å². The topological polar surface area (TPSA) is 241 Å². The van der Waals surface area contributed by atoms with Crippen LogP contribution in [0.1, 0.15) is 125 Å². The van der Waals surface area contributed by atoms with Gasteiger partial charge in [0.15, 0.2) is 0 Å². The second-order valence-electron chi connectivity index (χ2n) is 14.7. The first-order chi connectivity index (χ1) is 25.3. The van der Waals surface area contributed by atoms with Crippen LogP contribution < -0.4 is 31.9 Å². The molecule has 8 N–H and O–H groups in total. The third-order valence-corrected chi connectivity index (χ3v) is 11.5.